The SMILES string of the molecule is O=C(CNc1ccc(F)c(F)c1)NCc1ccco1. The van der Waals surface area contributed by atoms with Gasteiger partial charge in [0.2, 0.25) is 5.91 Å². The molecule has 2 N–H and O–H groups in total. The Hall–Kier alpha value is -2.37. The molecule has 0 saturated heterocycles. The van der Waals surface area contributed by atoms with Gasteiger partial charge in [0, 0.05) is 11.8 Å². The van der Waals surface area contributed by atoms with Crippen molar-refractivity contribution in [3.63, 3.8) is 0 Å². The van der Waals surface area contributed by atoms with Crippen molar-refractivity contribution in [1.29, 1.82) is 0 Å². The second kappa shape index (κ2) is 5.99. The number of halogens is 2. The van der Waals surface area contributed by atoms with E-state index in [2.05, 4.69) is 10.6 Å². The number of rotatable bonds is 5. The van der Waals surface area contributed by atoms with Gasteiger partial charge < -0.3 is 15.1 Å². The van der Waals surface area contributed by atoms with Gasteiger partial charge >= 0.3 is 0 Å². The van der Waals surface area contributed by atoms with Crippen molar-refractivity contribution in [2.24, 2.45) is 0 Å². The van der Waals surface area contributed by atoms with E-state index < -0.39 is 11.6 Å². The lowest BCUT2D eigenvalue weighted by atomic mass is 10.3. The highest BCUT2D eigenvalue weighted by molar-refractivity contribution is 5.80. The third-order valence-corrected chi connectivity index (χ3v) is 2.41. The Labute approximate surface area is 108 Å². The van der Waals surface area contributed by atoms with Crippen LogP contribution in [0.2, 0.25) is 0 Å². The fourth-order valence-electron chi connectivity index (χ4n) is 1.45. The number of carbonyl (C=O) groups excluding carboxylic acids is 1. The van der Waals surface area contributed by atoms with Gasteiger partial charge in [-0.25, -0.2) is 8.78 Å². The molecule has 0 unspecified atom stereocenters. The summed E-state index contributed by atoms with van der Waals surface area (Å²) in [5.74, 6) is -1.52. The minimum atomic E-state index is -0.957. The first-order chi connectivity index (χ1) is 9.15. The Kier molecular flexibility index (Phi) is 4.12. The van der Waals surface area contributed by atoms with E-state index in [0.717, 1.165) is 12.1 Å². The third-order valence-electron chi connectivity index (χ3n) is 2.41. The highest BCUT2D eigenvalue weighted by Crippen LogP contribution is 2.12. The van der Waals surface area contributed by atoms with Crippen LogP contribution < -0.4 is 10.6 Å². The van der Waals surface area contributed by atoms with E-state index in [0.29, 0.717) is 11.4 Å². The number of benzene rings is 1. The van der Waals surface area contributed by atoms with Crippen LogP contribution >= 0.6 is 0 Å². The zero-order valence-electron chi connectivity index (χ0n) is 9.95. The summed E-state index contributed by atoms with van der Waals surface area (Å²) in [6.45, 7) is 0.247. The molecule has 0 aliphatic rings. The zero-order valence-corrected chi connectivity index (χ0v) is 9.95. The van der Waals surface area contributed by atoms with Crippen molar-refractivity contribution in [3.8, 4) is 0 Å². The summed E-state index contributed by atoms with van der Waals surface area (Å²) >= 11 is 0. The minimum Gasteiger partial charge on any atom is -0.467 e. The first kappa shape index (κ1) is 13.1. The quantitative estimate of drug-likeness (QED) is 0.873. The lowest BCUT2D eigenvalue weighted by molar-refractivity contribution is -0.119. The Morgan fingerprint density at radius 2 is 2.05 bits per heavy atom. The smallest absolute Gasteiger partial charge is 0.239 e. The van der Waals surface area contributed by atoms with Crippen LogP contribution in [0.3, 0.4) is 0 Å². The van der Waals surface area contributed by atoms with Crippen molar-refractivity contribution in [2.45, 2.75) is 6.54 Å². The molecule has 0 radical (unpaired) electrons. The molecule has 100 valence electrons. The summed E-state index contributed by atoms with van der Waals surface area (Å²) in [4.78, 5) is 11.5. The second-order valence-electron chi connectivity index (χ2n) is 3.84. The average molecular weight is 266 g/mol. The predicted molar refractivity (Wildman–Crippen MR) is 65.4 cm³/mol. The molecule has 4 nitrogen and oxygen atoms in total. The molecule has 0 fully saturated rings. The van der Waals surface area contributed by atoms with E-state index in [1.807, 2.05) is 0 Å². The first-order valence-electron chi connectivity index (χ1n) is 5.63. The van der Waals surface area contributed by atoms with Crippen LogP contribution in [-0.4, -0.2) is 12.5 Å². The Morgan fingerprint density at radius 3 is 2.74 bits per heavy atom. The van der Waals surface area contributed by atoms with Crippen LogP contribution in [0, 0.1) is 11.6 Å². The molecule has 0 bridgehead atoms. The van der Waals surface area contributed by atoms with Gasteiger partial charge in [0.05, 0.1) is 19.4 Å². The van der Waals surface area contributed by atoms with Gasteiger partial charge in [-0.3, -0.25) is 4.79 Å². The van der Waals surface area contributed by atoms with Crippen LogP contribution in [-0.2, 0) is 11.3 Å². The largest absolute Gasteiger partial charge is 0.467 e. The third kappa shape index (κ3) is 3.80. The normalized spacial score (nSPS) is 10.2. The summed E-state index contributed by atoms with van der Waals surface area (Å²) in [6.07, 6.45) is 1.51. The number of anilines is 1. The number of hydrogen-bond donors (Lipinski definition) is 2. The first-order valence-corrected chi connectivity index (χ1v) is 5.63. The summed E-state index contributed by atoms with van der Waals surface area (Å²) in [7, 11) is 0. The van der Waals surface area contributed by atoms with E-state index in [1.165, 1.54) is 12.3 Å². The van der Waals surface area contributed by atoms with Crippen LogP contribution in [0.1, 0.15) is 5.76 Å². The maximum atomic E-state index is 12.9. The Balaban J connectivity index is 1.78. The highest BCUT2D eigenvalue weighted by Gasteiger charge is 2.05. The maximum Gasteiger partial charge on any atom is 0.239 e. The molecule has 0 saturated carbocycles. The lowest BCUT2D eigenvalue weighted by Crippen LogP contribution is -2.29. The molecular weight excluding hydrogens is 254 g/mol. The van der Waals surface area contributed by atoms with E-state index in [1.54, 1.807) is 12.1 Å². The lowest BCUT2D eigenvalue weighted by Gasteiger charge is -2.07. The monoisotopic (exact) mass is 266 g/mol. The van der Waals surface area contributed by atoms with Gasteiger partial charge in [0.1, 0.15) is 5.76 Å². The molecule has 1 heterocycles. The van der Waals surface area contributed by atoms with Gasteiger partial charge in [-0.05, 0) is 24.3 Å². The van der Waals surface area contributed by atoms with Crippen LogP contribution in [0.5, 0.6) is 0 Å². The molecule has 1 aromatic carbocycles. The molecule has 1 aromatic heterocycles. The summed E-state index contributed by atoms with van der Waals surface area (Å²) < 4.78 is 30.6. The van der Waals surface area contributed by atoms with Crippen LogP contribution in [0.25, 0.3) is 0 Å². The Bertz CT molecular complexity index is 556. The van der Waals surface area contributed by atoms with Crippen molar-refractivity contribution >= 4 is 11.6 Å². The molecular formula is C13H12F2N2O2. The van der Waals surface area contributed by atoms with Crippen molar-refractivity contribution in [3.05, 3.63) is 54.0 Å². The van der Waals surface area contributed by atoms with Gasteiger partial charge in [-0.15, -0.1) is 0 Å². The fraction of sp³-hybridized carbons (Fsp3) is 0.154. The van der Waals surface area contributed by atoms with Gasteiger partial charge in [0.25, 0.3) is 0 Å². The molecule has 0 aliphatic heterocycles. The number of amides is 1. The predicted octanol–water partition coefficient (Wildman–Crippen LogP) is 2.29. The summed E-state index contributed by atoms with van der Waals surface area (Å²) in [5.41, 5.74) is 0.340. The van der Waals surface area contributed by atoms with Crippen LogP contribution in [0.15, 0.2) is 41.0 Å². The topological polar surface area (TPSA) is 54.3 Å². The van der Waals surface area contributed by atoms with Gasteiger partial charge in [0.15, 0.2) is 11.6 Å². The fourth-order valence-corrected chi connectivity index (χ4v) is 1.45. The number of furan rings is 1. The Morgan fingerprint density at radius 1 is 1.21 bits per heavy atom. The number of hydrogen-bond acceptors (Lipinski definition) is 3. The zero-order chi connectivity index (χ0) is 13.7. The molecule has 19 heavy (non-hydrogen) atoms. The second-order valence-corrected chi connectivity index (χ2v) is 3.84. The summed E-state index contributed by atoms with van der Waals surface area (Å²) in [6, 6.07) is 6.82. The molecule has 0 aliphatic carbocycles. The van der Waals surface area contributed by atoms with E-state index in [-0.39, 0.29) is 19.0 Å². The standard InChI is InChI=1S/C13H12F2N2O2/c14-11-4-3-9(6-12(11)15)16-8-13(18)17-7-10-2-1-5-19-10/h1-6,16H,7-8H2,(H,17,18). The van der Waals surface area contributed by atoms with E-state index >= 15 is 0 Å². The molecule has 1 amide bonds. The van der Waals surface area contributed by atoms with Crippen molar-refractivity contribution < 1.29 is 18.0 Å². The minimum absolute atomic E-state index is 0.0359. The molecule has 2 aromatic rings. The average Bonchev–Trinajstić information content (AvgIpc) is 2.91. The van der Waals surface area contributed by atoms with Gasteiger partial charge in [-0.1, -0.05) is 0 Å². The van der Waals surface area contributed by atoms with Gasteiger partial charge in [-0.2, -0.15) is 0 Å². The van der Waals surface area contributed by atoms with E-state index in [4.69, 9.17) is 4.42 Å². The van der Waals surface area contributed by atoms with Crippen LogP contribution in [0.4, 0.5) is 14.5 Å². The van der Waals surface area contributed by atoms with Crippen molar-refractivity contribution in [1.82, 2.24) is 5.32 Å². The summed E-state index contributed by atoms with van der Waals surface area (Å²) in [5, 5.41) is 5.31. The molecule has 2 rings (SSSR count). The van der Waals surface area contributed by atoms with E-state index in [9.17, 15) is 13.6 Å². The molecule has 0 atom stereocenters. The van der Waals surface area contributed by atoms with Crippen molar-refractivity contribution in [2.75, 3.05) is 11.9 Å². The number of carbonyl (C=O) groups is 1. The molecule has 0 spiro atoms. The number of nitrogens with one attached hydrogen (secondary N) is 2. The highest BCUT2D eigenvalue weighted by atomic mass is 19.2. The molecule has 6 heteroatoms. The maximum absolute atomic E-state index is 12.9.